The summed E-state index contributed by atoms with van der Waals surface area (Å²) in [5.41, 5.74) is 6.99. The van der Waals surface area contributed by atoms with Gasteiger partial charge in [0.05, 0.1) is 6.04 Å². The van der Waals surface area contributed by atoms with Crippen LogP contribution < -0.4 is 5.73 Å². The normalized spacial score (nSPS) is 13.1. The van der Waals surface area contributed by atoms with Crippen molar-refractivity contribution in [2.45, 2.75) is 26.2 Å². The van der Waals surface area contributed by atoms with Crippen molar-refractivity contribution in [1.82, 2.24) is 0 Å². The molecule has 90 valence electrons. The lowest BCUT2D eigenvalue weighted by molar-refractivity contribution is -0.149. The fraction of sp³-hybridized carbons (Fsp3) is 0.500. The summed E-state index contributed by atoms with van der Waals surface area (Å²) >= 11 is 5.91. The van der Waals surface area contributed by atoms with E-state index in [1.165, 1.54) is 0 Å². The number of nitrogens with two attached hydrogens (primary N) is 1. The summed E-state index contributed by atoms with van der Waals surface area (Å²) in [5, 5.41) is 0.666. The Balaban J connectivity index is 2.76. The molecular formula is C12H18ClNO2. The molecule has 0 aliphatic carbocycles. The van der Waals surface area contributed by atoms with Crippen molar-refractivity contribution in [3.8, 4) is 0 Å². The monoisotopic (exact) mass is 243 g/mol. The molecule has 1 aromatic carbocycles. The number of ether oxygens (including phenoxy) is 2. The average Bonchev–Trinajstić information content (AvgIpc) is 2.28. The first kappa shape index (κ1) is 13.5. The molecule has 0 fully saturated rings. The van der Waals surface area contributed by atoms with E-state index in [1.807, 2.05) is 38.1 Å². The van der Waals surface area contributed by atoms with E-state index < -0.39 is 6.29 Å². The third-order valence-corrected chi connectivity index (χ3v) is 2.42. The van der Waals surface area contributed by atoms with E-state index in [4.69, 9.17) is 26.8 Å². The Labute approximate surface area is 101 Å². The number of hydrogen-bond donors (Lipinski definition) is 1. The first-order valence-corrected chi connectivity index (χ1v) is 5.81. The molecule has 0 saturated carbocycles. The van der Waals surface area contributed by atoms with Gasteiger partial charge in [0.25, 0.3) is 0 Å². The molecule has 1 atom stereocenters. The SMILES string of the molecule is CCOC(OCC)C(N)c1cccc(Cl)c1. The number of hydrogen-bond acceptors (Lipinski definition) is 3. The van der Waals surface area contributed by atoms with Crippen molar-refractivity contribution in [2.24, 2.45) is 5.73 Å². The van der Waals surface area contributed by atoms with Gasteiger partial charge in [0.2, 0.25) is 0 Å². The zero-order valence-corrected chi connectivity index (χ0v) is 10.4. The Bertz CT molecular complexity index is 314. The van der Waals surface area contributed by atoms with Gasteiger partial charge in [0.15, 0.2) is 6.29 Å². The van der Waals surface area contributed by atoms with Crippen LogP contribution in [-0.4, -0.2) is 19.5 Å². The quantitative estimate of drug-likeness (QED) is 0.782. The van der Waals surface area contributed by atoms with Crippen LogP contribution in [0, 0.1) is 0 Å². The Morgan fingerprint density at radius 1 is 1.25 bits per heavy atom. The summed E-state index contributed by atoms with van der Waals surface area (Å²) < 4.78 is 10.9. The van der Waals surface area contributed by atoms with Gasteiger partial charge in [-0.15, -0.1) is 0 Å². The van der Waals surface area contributed by atoms with Crippen molar-refractivity contribution < 1.29 is 9.47 Å². The first-order chi connectivity index (χ1) is 7.69. The molecule has 0 aliphatic rings. The smallest absolute Gasteiger partial charge is 0.176 e. The molecule has 1 unspecified atom stereocenters. The third-order valence-electron chi connectivity index (χ3n) is 2.19. The summed E-state index contributed by atoms with van der Waals surface area (Å²) in [6.45, 7) is 4.96. The van der Waals surface area contributed by atoms with Gasteiger partial charge in [-0.2, -0.15) is 0 Å². The molecule has 0 saturated heterocycles. The summed E-state index contributed by atoms with van der Waals surface area (Å²) in [5.74, 6) is 0. The minimum atomic E-state index is -0.423. The average molecular weight is 244 g/mol. The lowest BCUT2D eigenvalue weighted by Gasteiger charge is -2.23. The topological polar surface area (TPSA) is 44.5 Å². The largest absolute Gasteiger partial charge is 0.351 e. The summed E-state index contributed by atoms with van der Waals surface area (Å²) in [6.07, 6.45) is -0.423. The van der Waals surface area contributed by atoms with Crippen LogP contribution >= 0.6 is 11.6 Å². The van der Waals surface area contributed by atoms with Crippen LogP contribution in [0.2, 0.25) is 5.02 Å². The number of benzene rings is 1. The minimum Gasteiger partial charge on any atom is -0.351 e. The van der Waals surface area contributed by atoms with Gasteiger partial charge < -0.3 is 15.2 Å². The Morgan fingerprint density at radius 3 is 2.38 bits per heavy atom. The van der Waals surface area contributed by atoms with Crippen LogP contribution in [0.15, 0.2) is 24.3 Å². The minimum absolute atomic E-state index is 0.321. The lowest BCUT2D eigenvalue weighted by Crippen LogP contribution is -2.31. The van der Waals surface area contributed by atoms with Crippen molar-refractivity contribution in [2.75, 3.05) is 13.2 Å². The van der Waals surface area contributed by atoms with E-state index in [0.29, 0.717) is 18.2 Å². The second-order valence-electron chi connectivity index (χ2n) is 3.36. The molecule has 4 heteroatoms. The molecule has 0 spiro atoms. The highest BCUT2D eigenvalue weighted by molar-refractivity contribution is 6.30. The molecule has 1 aromatic rings. The molecule has 0 heterocycles. The Kier molecular flexibility index (Phi) is 5.77. The van der Waals surface area contributed by atoms with Gasteiger partial charge in [0, 0.05) is 18.2 Å². The van der Waals surface area contributed by atoms with Crippen LogP contribution in [0.1, 0.15) is 25.5 Å². The zero-order chi connectivity index (χ0) is 12.0. The maximum Gasteiger partial charge on any atom is 0.176 e. The number of rotatable bonds is 6. The van der Waals surface area contributed by atoms with Crippen LogP contribution in [0.3, 0.4) is 0 Å². The summed E-state index contributed by atoms with van der Waals surface area (Å²) in [7, 11) is 0. The van der Waals surface area contributed by atoms with Crippen LogP contribution in [0.5, 0.6) is 0 Å². The van der Waals surface area contributed by atoms with Gasteiger partial charge in [-0.25, -0.2) is 0 Å². The van der Waals surface area contributed by atoms with E-state index in [0.717, 1.165) is 5.56 Å². The molecule has 0 bridgehead atoms. The molecule has 0 amide bonds. The van der Waals surface area contributed by atoms with Crippen molar-refractivity contribution in [3.05, 3.63) is 34.9 Å². The highest BCUT2D eigenvalue weighted by atomic mass is 35.5. The molecule has 0 aliphatic heterocycles. The van der Waals surface area contributed by atoms with E-state index >= 15 is 0 Å². The molecular weight excluding hydrogens is 226 g/mol. The van der Waals surface area contributed by atoms with E-state index in [1.54, 1.807) is 0 Å². The molecule has 3 nitrogen and oxygen atoms in total. The van der Waals surface area contributed by atoms with E-state index in [9.17, 15) is 0 Å². The highest BCUT2D eigenvalue weighted by Crippen LogP contribution is 2.21. The fourth-order valence-corrected chi connectivity index (χ4v) is 1.65. The predicted molar refractivity (Wildman–Crippen MR) is 65.4 cm³/mol. The fourth-order valence-electron chi connectivity index (χ4n) is 1.46. The molecule has 0 aromatic heterocycles. The van der Waals surface area contributed by atoms with Gasteiger partial charge in [-0.3, -0.25) is 0 Å². The van der Waals surface area contributed by atoms with Crippen LogP contribution in [0.25, 0.3) is 0 Å². The maximum absolute atomic E-state index is 6.07. The predicted octanol–water partition coefficient (Wildman–Crippen LogP) is 2.74. The second-order valence-corrected chi connectivity index (χ2v) is 3.80. The maximum atomic E-state index is 6.07. The van der Waals surface area contributed by atoms with Gasteiger partial charge >= 0.3 is 0 Å². The highest BCUT2D eigenvalue weighted by Gasteiger charge is 2.20. The van der Waals surface area contributed by atoms with Crippen molar-refractivity contribution in [1.29, 1.82) is 0 Å². The first-order valence-electron chi connectivity index (χ1n) is 5.43. The molecule has 0 radical (unpaired) electrons. The van der Waals surface area contributed by atoms with Gasteiger partial charge in [-0.05, 0) is 31.5 Å². The van der Waals surface area contributed by atoms with E-state index in [2.05, 4.69) is 0 Å². The molecule has 1 rings (SSSR count). The van der Waals surface area contributed by atoms with Crippen LogP contribution in [-0.2, 0) is 9.47 Å². The second kappa shape index (κ2) is 6.86. The Morgan fingerprint density at radius 2 is 1.88 bits per heavy atom. The number of halogens is 1. The van der Waals surface area contributed by atoms with Crippen LogP contribution in [0.4, 0.5) is 0 Å². The molecule has 2 N–H and O–H groups in total. The van der Waals surface area contributed by atoms with Gasteiger partial charge in [-0.1, -0.05) is 23.7 Å². The zero-order valence-electron chi connectivity index (χ0n) is 9.65. The lowest BCUT2D eigenvalue weighted by atomic mass is 10.1. The summed E-state index contributed by atoms with van der Waals surface area (Å²) in [6, 6.07) is 7.11. The van der Waals surface area contributed by atoms with Gasteiger partial charge in [0.1, 0.15) is 0 Å². The summed E-state index contributed by atoms with van der Waals surface area (Å²) in [4.78, 5) is 0. The Hall–Kier alpha value is -0.610. The van der Waals surface area contributed by atoms with Crippen molar-refractivity contribution >= 4 is 11.6 Å². The third kappa shape index (κ3) is 3.76. The van der Waals surface area contributed by atoms with Crippen molar-refractivity contribution in [3.63, 3.8) is 0 Å². The standard InChI is InChI=1S/C12H18ClNO2/c1-3-15-12(16-4-2)11(14)9-6-5-7-10(13)8-9/h5-8,11-12H,3-4,14H2,1-2H3. The molecule has 16 heavy (non-hydrogen) atoms. The van der Waals surface area contributed by atoms with E-state index in [-0.39, 0.29) is 6.04 Å².